The number of hydrogen-bond donors (Lipinski definition) is 0. The van der Waals surface area contributed by atoms with Crippen LogP contribution in [-0.2, 0) is 12.8 Å². The van der Waals surface area contributed by atoms with E-state index in [9.17, 15) is 0 Å². The highest BCUT2D eigenvalue weighted by atomic mass is 15.3. The van der Waals surface area contributed by atoms with Crippen LogP contribution in [0.4, 0.5) is 5.82 Å². The number of rotatable bonds is 3. The van der Waals surface area contributed by atoms with Gasteiger partial charge in [-0.05, 0) is 70.5 Å². The lowest BCUT2D eigenvalue weighted by Gasteiger charge is -2.39. The molecule has 142 valence electrons. The van der Waals surface area contributed by atoms with E-state index in [1.54, 1.807) is 0 Å². The number of hydrogen-bond acceptors (Lipinski definition) is 5. The van der Waals surface area contributed by atoms with E-state index in [4.69, 9.17) is 9.97 Å². The molecule has 27 heavy (non-hydrogen) atoms. The number of pyridine rings is 1. The SMILES string of the molecule is CC1CCCN1C1CCN(c2nc(-c3ccncc3)nc3c2CCC3)CC1. The molecule has 2 aromatic heterocycles. The van der Waals surface area contributed by atoms with Gasteiger partial charge in [-0.3, -0.25) is 9.88 Å². The topological polar surface area (TPSA) is 45.2 Å². The van der Waals surface area contributed by atoms with Crippen molar-refractivity contribution in [1.29, 1.82) is 0 Å². The lowest BCUT2D eigenvalue weighted by Crippen LogP contribution is -2.46. The van der Waals surface area contributed by atoms with Crippen molar-refractivity contribution in [3.63, 3.8) is 0 Å². The summed E-state index contributed by atoms with van der Waals surface area (Å²) >= 11 is 0. The molecule has 2 fully saturated rings. The molecule has 0 spiro atoms. The maximum absolute atomic E-state index is 5.05. The Morgan fingerprint density at radius 1 is 0.926 bits per heavy atom. The number of fused-ring (bicyclic) bond motifs is 1. The van der Waals surface area contributed by atoms with Crippen LogP contribution in [0.15, 0.2) is 24.5 Å². The minimum absolute atomic E-state index is 0.758. The molecule has 1 aliphatic carbocycles. The largest absolute Gasteiger partial charge is 0.356 e. The second kappa shape index (κ2) is 7.19. The van der Waals surface area contributed by atoms with Gasteiger partial charge in [-0.2, -0.15) is 0 Å². The first-order chi connectivity index (χ1) is 13.3. The van der Waals surface area contributed by atoms with E-state index in [1.807, 2.05) is 24.5 Å². The molecule has 5 nitrogen and oxygen atoms in total. The number of nitrogens with zero attached hydrogens (tertiary/aromatic N) is 5. The van der Waals surface area contributed by atoms with Crippen LogP contribution in [0.2, 0.25) is 0 Å². The summed E-state index contributed by atoms with van der Waals surface area (Å²) in [6.07, 6.45) is 12.3. The second-order valence-electron chi connectivity index (χ2n) is 8.33. The molecule has 2 aliphatic heterocycles. The molecule has 5 rings (SSSR count). The molecule has 0 N–H and O–H groups in total. The minimum atomic E-state index is 0.758. The van der Waals surface area contributed by atoms with E-state index >= 15 is 0 Å². The van der Waals surface area contributed by atoms with Gasteiger partial charge in [0.05, 0.1) is 0 Å². The van der Waals surface area contributed by atoms with Crippen LogP contribution >= 0.6 is 0 Å². The van der Waals surface area contributed by atoms with Crippen molar-refractivity contribution in [3.8, 4) is 11.4 Å². The summed E-state index contributed by atoms with van der Waals surface area (Å²) in [5, 5.41) is 0. The van der Waals surface area contributed by atoms with Gasteiger partial charge in [0.15, 0.2) is 5.82 Å². The Hall–Kier alpha value is -2.01. The van der Waals surface area contributed by atoms with Crippen LogP contribution in [0.5, 0.6) is 0 Å². The third-order valence-corrected chi connectivity index (χ3v) is 6.69. The number of anilines is 1. The predicted octanol–water partition coefficient (Wildman–Crippen LogP) is 3.48. The Balaban J connectivity index is 1.40. The van der Waals surface area contributed by atoms with E-state index in [1.165, 1.54) is 55.7 Å². The van der Waals surface area contributed by atoms with Gasteiger partial charge in [0.25, 0.3) is 0 Å². The molecule has 1 unspecified atom stereocenters. The van der Waals surface area contributed by atoms with Crippen molar-refractivity contribution in [1.82, 2.24) is 19.9 Å². The fourth-order valence-electron chi connectivity index (χ4n) is 5.21. The van der Waals surface area contributed by atoms with Gasteiger partial charge in [0.2, 0.25) is 0 Å². The predicted molar refractivity (Wildman–Crippen MR) is 108 cm³/mol. The monoisotopic (exact) mass is 363 g/mol. The summed E-state index contributed by atoms with van der Waals surface area (Å²) in [5.74, 6) is 2.07. The first kappa shape index (κ1) is 17.1. The number of piperidine rings is 1. The molecule has 0 saturated carbocycles. The van der Waals surface area contributed by atoms with Crippen LogP contribution < -0.4 is 4.90 Å². The normalized spacial score (nSPS) is 23.7. The summed E-state index contributed by atoms with van der Waals surface area (Å²) in [6, 6.07) is 5.56. The number of aromatic nitrogens is 3. The molecule has 2 aromatic rings. The molecule has 5 heteroatoms. The van der Waals surface area contributed by atoms with Crippen molar-refractivity contribution in [2.24, 2.45) is 0 Å². The van der Waals surface area contributed by atoms with Crippen LogP contribution in [0.25, 0.3) is 11.4 Å². The van der Waals surface area contributed by atoms with Gasteiger partial charge in [-0.25, -0.2) is 9.97 Å². The average Bonchev–Trinajstić information content (AvgIpc) is 3.37. The van der Waals surface area contributed by atoms with Crippen molar-refractivity contribution in [2.75, 3.05) is 24.5 Å². The van der Waals surface area contributed by atoms with Crippen LogP contribution in [-0.4, -0.2) is 51.6 Å². The molecule has 3 aliphatic rings. The maximum Gasteiger partial charge on any atom is 0.161 e. The van der Waals surface area contributed by atoms with Gasteiger partial charge in [-0.1, -0.05) is 0 Å². The quantitative estimate of drug-likeness (QED) is 0.835. The summed E-state index contributed by atoms with van der Waals surface area (Å²) in [6.45, 7) is 5.93. The zero-order valence-corrected chi connectivity index (χ0v) is 16.3. The standard InChI is InChI=1S/C22H29N5/c1-16-4-3-13-27(16)18-9-14-26(15-10-18)22-19-5-2-6-20(19)24-21(25-22)17-7-11-23-12-8-17/h7-8,11-12,16,18H,2-6,9-10,13-15H2,1H3. The Labute approximate surface area is 161 Å². The minimum Gasteiger partial charge on any atom is -0.356 e. The average molecular weight is 364 g/mol. The first-order valence-electron chi connectivity index (χ1n) is 10.6. The van der Waals surface area contributed by atoms with Crippen molar-refractivity contribution in [3.05, 3.63) is 35.8 Å². The zero-order chi connectivity index (χ0) is 18.2. The summed E-state index contributed by atoms with van der Waals surface area (Å²) in [5.41, 5.74) is 3.74. The van der Waals surface area contributed by atoms with Gasteiger partial charge >= 0.3 is 0 Å². The van der Waals surface area contributed by atoms with Gasteiger partial charge in [0, 0.05) is 54.4 Å². The van der Waals surface area contributed by atoms with E-state index in [0.717, 1.165) is 49.4 Å². The Bertz CT molecular complexity index is 798. The molecule has 0 radical (unpaired) electrons. The fraction of sp³-hybridized carbons (Fsp3) is 0.591. The molecule has 1 atom stereocenters. The van der Waals surface area contributed by atoms with Gasteiger partial charge in [-0.15, -0.1) is 0 Å². The maximum atomic E-state index is 5.05. The van der Waals surface area contributed by atoms with E-state index in [0.29, 0.717) is 0 Å². The van der Waals surface area contributed by atoms with Crippen LogP contribution in [0.1, 0.15) is 50.3 Å². The second-order valence-corrected chi connectivity index (χ2v) is 8.33. The Kier molecular flexibility index (Phi) is 4.56. The lowest BCUT2D eigenvalue weighted by atomic mass is 10.0. The van der Waals surface area contributed by atoms with Gasteiger partial charge < -0.3 is 4.90 Å². The molecule has 4 heterocycles. The van der Waals surface area contributed by atoms with Crippen LogP contribution in [0, 0.1) is 0 Å². The van der Waals surface area contributed by atoms with Crippen molar-refractivity contribution >= 4 is 5.82 Å². The lowest BCUT2D eigenvalue weighted by molar-refractivity contribution is 0.163. The molecule has 2 saturated heterocycles. The van der Waals surface area contributed by atoms with Crippen molar-refractivity contribution < 1.29 is 0 Å². The highest BCUT2D eigenvalue weighted by Crippen LogP contribution is 2.34. The molecule has 0 amide bonds. The Morgan fingerprint density at radius 2 is 1.74 bits per heavy atom. The number of likely N-dealkylation sites (tertiary alicyclic amines) is 1. The zero-order valence-electron chi connectivity index (χ0n) is 16.3. The Morgan fingerprint density at radius 3 is 2.48 bits per heavy atom. The molecule has 0 aromatic carbocycles. The number of aryl methyl sites for hydroxylation is 1. The summed E-state index contributed by atoms with van der Waals surface area (Å²) in [4.78, 5) is 19.4. The molecular weight excluding hydrogens is 334 g/mol. The first-order valence-corrected chi connectivity index (χ1v) is 10.6. The third kappa shape index (κ3) is 3.22. The van der Waals surface area contributed by atoms with E-state index in [-0.39, 0.29) is 0 Å². The van der Waals surface area contributed by atoms with E-state index < -0.39 is 0 Å². The highest BCUT2D eigenvalue weighted by Gasteiger charge is 2.32. The van der Waals surface area contributed by atoms with E-state index in [2.05, 4.69) is 21.7 Å². The van der Waals surface area contributed by atoms with Crippen LogP contribution in [0.3, 0.4) is 0 Å². The summed E-state index contributed by atoms with van der Waals surface area (Å²) in [7, 11) is 0. The van der Waals surface area contributed by atoms with Crippen molar-refractivity contribution in [2.45, 2.75) is 64.0 Å². The fourth-order valence-corrected chi connectivity index (χ4v) is 5.21. The molecular formula is C22H29N5. The smallest absolute Gasteiger partial charge is 0.161 e. The third-order valence-electron chi connectivity index (χ3n) is 6.69. The highest BCUT2D eigenvalue weighted by molar-refractivity contribution is 5.61. The van der Waals surface area contributed by atoms with Gasteiger partial charge in [0.1, 0.15) is 5.82 Å². The molecule has 0 bridgehead atoms. The summed E-state index contributed by atoms with van der Waals surface area (Å²) < 4.78 is 0.